The number of hydrogen-bond acceptors (Lipinski definition) is 1. The van der Waals surface area contributed by atoms with Gasteiger partial charge in [-0.25, -0.2) is 0 Å². The summed E-state index contributed by atoms with van der Waals surface area (Å²) < 4.78 is 41.5. The number of rotatable bonds is 9. The van der Waals surface area contributed by atoms with Gasteiger partial charge in [-0.2, -0.15) is 13.2 Å². The van der Waals surface area contributed by atoms with Crippen LogP contribution >= 0.6 is 0 Å². The standard InChI is InChI=1S/C27H39F3O/c1-2-3-4-5-21-8-14-24(15-9-21)25-16-10-22(11-17-25)6-7-23-12-18-26(19-13-23)31-20-27(28,29)30/h6-7,12-13,18-19,21-22,24-25H,2-5,8-11,14-17,20H2,1H3/t21-,22-,24-,25-. The van der Waals surface area contributed by atoms with Crippen LogP contribution in [0.5, 0.6) is 5.75 Å². The second kappa shape index (κ2) is 12.0. The minimum absolute atomic E-state index is 0.259. The molecule has 2 saturated carbocycles. The third kappa shape index (κ3) is 8.54. The van der Waals surface area contributed by atoms with Gasteiger partial charge >= 0.3 is 6.18 Å². The maximum atomic E-state index is 12.2. The quantitative estimate of drug-likeness (QED) is 0.351. The summed E-state index contributed by atoms with van der Waals surface area (Å²) in [5, 5.41) is 0. The van der Waals surface area contributed by atoms with E-state index in [4.69, 9.17) is 4.74 Å². The summed E-state index contributed by atoms with van der Waals surface area (Å²) in [7, 11) is 0. The number of hydrogen-bond donors (Lipinski definition) is 0. The molecule has 1 aromatic carbocycles. The van der Waals surface area contributed by atoms with E-state index in [0.29, 0.717) is 5.92 Å². The Morgan fingerprint density at radius 3 is 2.06 bits per heavy atom. The molecule has 3 rings (SSSR count). The second-order valence-corrected chi connectivity index (χ2v) is 9.78. The lowest BCUT2D eigenvalue weighted by atomic mass is 9.68. The van der Waals surface area contributed by atoms with Crippen LogP contribution in [0.1, 0.15) is 89.5 Å². The van der Waals surface area contributed by atoms with Crippen molar-refractivity contribution in [3.63, 3.8) is 0 Å². The number of unbranched alkanes of at least 4 members (excludes halogenated alkanes) is 2. The zero-order valence-electron chi connectivity index (χ0n) is 19.0. The summed E-state index contributed by atoms with van der Waals surface area (Å²) in [6.07, 6.45) is 16.8. The predicted molar refractivity (Wildman–Crippen MR) is 122 cm³/mol. The molecule has 0 heterocycles. The van der Waals surface area contributed by atoms with Gasteiger partial charge in [0.1, 0.15) is 5.75 Å². The summed E-state index contributed by atoms with van der Waals surface area (Å²) in [4.78, 5) is 0. The lowest BCUT2D eigenvalue weighted by molar-refractivity contribution is -0.153. The molecule has 0 amide bonds. The minimum atomic E-state index is -4.30. The molecular formula is C27H39F3O. The molecule has 0 spiro atoms. The van der Waals surface area contributed by atoms with Gasteiger partial charge in [0.2, 0.25) is 0 Å². The summed E-state index contributed by atoms with van der Waals surface area (Å²) in [5.41, 5.74) is 1.02. The molecule has 4 heteroatoms. The van der Waals surface area contributed by atoms with Crippen LogP contribution in [0, 0.1) is 23.7 Å². The van der Waals surface area contributed by atoms with Gasteiger partial charge in [-0.05, 0) is 79.9 Å². The number of allylic oxidation sites excluding steroid dienone is 1. The average Bonchev–Trinajstić information content (AvgIpc) is 2.77. The zero-order valence-corrected chi connectivity index (χ0v) is 19.0. The molecule has 0 bridgehead atoms. The van der Waals surface area contributed by atoms with Gasteiger partial charge in [0.25, 0.3) is 0 Å². The van der Waals surface area contributed by atoms with Crippen LogP contribution in [0.25, 0.3) is 6.08 Å². The third-order valence-electron chi connectivity index (χ3n) is 7.43. The number of alkyl halides is 3. The number of halogens is 3. The largest absolute Gasteiger partial charge is 0.484 e. The summed E-state index contributed by atoms with van der Waals surface area (Å²) in [6, 6.07) is 6.88. The lowest BCUT2D eigenvalue weighted by Gasteiger charge is -2.37. The fourth-order valence-corrected chi connectivity index (χ4v) is 5.53. The van der Waals surface area contributed by atoms with E-state index in [2.05, 4.69) is 19.1 Å². The molecule has 2 aliphatic rings. The van der Waals surface area contributed by atoms with Gasteiger partial charge in [0.15, 0.2) is 6.61 Å². The Morgan fingerprint density at radius 1 is 0.871 bits per heavy atom. The third-order valence-corrected chi connectivity index (χ3v) is 7.43. The Morgan fingerprint density at radius 2 is 1.48 bits per heavy atom. The van der Waals surface area contributed by atoms with E-state index in [9.17, 15) is 13.2 Å². The molecule has 1 aromatic rings. The van der Waals surface area contributed by atoms with E-state index in [1.165, 1.54) is 77.0 Å². The van der Waals surface area contributed by atoms with Crippen LogP contribution in [-0.2, 0) is 0 Å². The van der Waals surface area contributed by atoms with Crippen molar-refractivity contribution in [2.45, 2.75) is 90.1 Å². The van der Waals surface area contributed by atoms with Crippen LogP contribution in [0.15, 0.2) is 30.3 Å². The summed E-state index contributed by atoms with van der Waals surface area (Å²) in [6.45, 7) is 1.04. The highest BCUT2D eigenvalue weighted by molar-refractivity contribution is 5.50. The molecule has 0 saturated heterocycles. The monoisotopic (exact) mass is 436 g/mol. The van der Waals surface area contributed by atoms with Gasteiger partial charge in [-0.3, -0.25) is 0 Å². The van der Waals surface area contributed by atoms with E-state index in [0.717, 1.165) is 23.3 Å². The first-order valence-electron chi connectivity index (χ1n) is 12.4. The van der Waals surface area contributed by atoms with Gasteiger partial charge in [-0.15, -0.1) is 0 Å². The molecule has 2 fully saturated rings. The Kier molecular flexibility index (Phi) is 9.34. The summed E-state index contributed by atoms with van der Waals surface area (Å²) >= 11 is 0. The van der Waals surface area contributed by atoms with Crippen molar-refractivity contribution in [3.8, 4) is 5.75 Å². The topological polar surface area (TPSA) is 9.23 Å². The normalized spacial score (nSPS) is 27.5. The molecule has 0 aliphatic heterocycles. The summed E-state index contributed by atoms with van der Waals surface area (Å²) in [5.74, 6) is 3.76. The maximum absolute atomic E-state index is 12.2. The Bertz CT molecular complexity index is 648. The Balaban J connectivity index is 1.36. The smallest absolute Gasteiger partial charge is 0.422 e. The first-order valence-corrected chi connectivity index (χ1v) is 12.4. The molecule has 1 nitrogen and oxygen atoms in total. The van der Waals surface area contributed by atoms with Crippen molar-refractivity contribution in [3.05, 3.63) is 35.9 Å². The van der Waals surface area contributed by atoms with Crippen molar-refractivity contribution in [1.29, 1.82) is 0 Å². The van der Waals surface area contributed by atoms with Crippen LogP contribution < -0.4 is 4.74 Å². The minimum Gasteiger partial charge on any atom is -0.484 e. The molecular weight excluding hydrogens is 397 g/mol. The lowest BCUT2D eigenvalue weighted by Crippen LogP contribution is -2.25. The van der Waals surface area contributed by atoms with Crippen molar-refractivity contribution >= 4 is 6.08 Å². The molecule has 174 valence electrons. The van der Waals surface area contributed by atoms with Crippen molar-refractivity contribution in [2.24, 2.45) is 23.7 Å². The Hall–Kier alpha value is -1.45. The van der Waals surface area contributed by atoms with E-state index < -0.39 is 12.8 Å². The van der Waals surface area contributed by atoms with Crippen LogP contribution in [0.4, 0.5) is 13.2 Å². The molecule has 31 heavy (non-hydrogen) atoms. The average molecular weight is 437 g/mol. The van der Waals surface area contributed by atoms with E-state index in [1.54, 1.807) is 12.1 Å². The molecule has 0 N–H and O–H groups in total. The van der Waals surface area contributed by atoms with E-state index in [-0.39, 0.29) is 5.75 Å². The van der Waals surface area contributed by atoms with E-state index >= 15 is 0 Å². The van der Waals surface area contributed by atoms with Crippen molar-refractivity contribution in [2.75, 3.05) is 6.61 Å². The van der Waals surface area contributed by atoms with Gasteiger partial charge in [-0.1, -0.05) is 69.7 Å². The van der Waals surface area contributed by atoms with Gasteiger partial charge < -0.3 is 4.74 Å². The van der Waals surface area contributed by atoms with Crippen molar-refractivity contribution in [1.82, 2.24) is 0 Å². The molecule has 0 radical (unpaired) electrons. The van der Waals surface area contributed by atoms with Crippen molar-refractivity contribution < 1.29 is 17.9 Å². The molecule has 2 aliphatic carbocycles. The highest BCUT2D eigenvalue weighted by Gasteiger charge is 2.30. The van der Waals surface area contributed by atoms with Gasteiger partial charge in [0, 0.05) is 0 Å². The fourth-order valence-electron chi connectivity index (χ4n) is 5.53. The number of benzene rings is 1. The second-order valence-electron chi connectivity index (χ2n) is 9.78. The highest BCUT2D eigenvalue weighted by Crippen LogP contribution is 2.42. The fraction of sp³-hybridized carbons (Fsp3) is 0.704. The first-order chi connectivity index (χ1) is 14.9. The van der Waals surface area contributed by atoms with Crippen LogP contribution in [-0.4, -0.2) is 12.8 Å². The maximum Gasteiger partial charge on any atom is 0.422 e. The molecule has 0 atom stereocenters. The first kappa shape index (κ1) is 24.2. The molecule has 0 aromatic heterocycles. The zero-order chi connectivity index (χ0) is 22.1. The van der Waals surface area contributed by atoms with Crippen LogP contribution in [0.2, 0.25) is 0 Å². The molecule has 0 unspecified atom stereocenters. The number of ether oxygens (including phenoxy) is 1. The van der Waals surface area contributed by atoms with Gasteiger partial charge in [0.05, 0.1) is 0 Å². The van der Waals surface area contributed by atoms with E-state index in [1.807, 2.05) is 12.1 Å². The SMILES string of the molecule is CCCCC[C@H]1CC[C@H]([C@H]2CC[C@H](C=Cc3ccc(OCC(F)(F)F)cc3)CC2)CC1. The highest BCUT2D eigenvalue weighted by atomic mass is 19.4. The van der Waals surface area contributed by atoms with Crippen LogP contribution in [0.3, 0.4) is 0 Å². The predicted octanol–water partition coefficient (Wildman–Crippen LogP) is 8.83. The Labute approximate surface area is 186 Å².